The first-order chi connectivity index (χ1) is 12.0. The lowest BCUT2D eigenvalue weighted by atomic mass is 10.1. The van der Waals surface area contributed by atoms with E-state index in [0.29, 0.717) is 11.0 Å². The molecule has 0 unspecified atom stereocenters. The minimum Gasteiger partial charge on any atom is -0.352 e. The number of nitrogens with one attached hydrogen (secondary N) is 3. The Morgan fingerprint density at radius 2 is 1.92 bits per heavy atom. The SMILES string of the molecule is CCc1ccc(-c2nc(SCC(=O)NCC(=O)NC(C)C)n[nH]2)cc1. The van der Waals surface area contributed by atoms with Crippen molar-refractivity contribution in [1.82, 2.24) is 25.8 Å². The van der Waals surface area contributed by atoms with E-state index in [0.717, 1.165) is 12.0 Å². The van der Waals surface area contributed by atoms with Crippen molar-refractivity contribution in [2.75, 3.05) is 12.3 Å². The van der Waals surface area contributed by atoms with Crippen molar-refractivity contribution in [3.63, 3.8) is 0 Å². The number of thioether (sulfide) groups is 1. The van der Waals surface area contributed by atoms with Crippen LogP contribution in [0.5, 0.6) is 0 Å². The van der Waals surface area contributed by atoms with Gasteiger partial charge in [0.25, 0.3) is 0 Å². The summed E-state index contributed by atoms with van der Waals surface area (Å²) in [5.74, 6) is 0.384. The molecule has 0 aliphatic heterocycles. The molecule has 0 aliphatic rings. The summed E-state index contributed by atoms with van der Waals surface area (Å²) in [7, 11) is 0. The second kappa shape index (κ2) is 9.22. The second-order valence-electron chi connectivity index (χ2n) is 5.80. The second-order valence-corrected chi connectivity index (χ2v) is 6.75. The number of carbonyl (C=O) groups excluding carboxylic acids is 2. The Labute approximate surface area is 151 Å². The number of carbonyl (C=O) groups is 2. The zero-order valence-electron chi connectivity index (χ0n) is 14.6. The Morgan fingerprint density at radius 3 is 2.56 bits per heavy atom. The lowest BCUT2D eigenvalue weighted by Gasteiger charge is -2.08. The monoisotopic (exact) mass is 361 g/mol. The topological polar surface area (TPSA) is 99.8 Å². The number of aromatic amines is 1. The number of benzene rings is 1. The van der Waals surface area contributed by atoms with Crippen LogP contribution >= 0.6 is 11.8 Å². The Bertz CT molecular complexity index is 712. The maximum Gasteiger partial charge on any atom is 0.239 e. The number of hydrogen-bond acceptors (Lipinski definition) is 5. The van der Waals surface area contributed by atoms with Crippen LogP contribution in [0.1, 0.15) is 26.3 Å². The largest absolute Gasteiger partial charge is 0.352 e. The minimum absolute atomic E-state index is 0.0272. The van der Waals surface area contributed by atoms with Crippen LogP contribution in [0, 0.1) is 0 Å². The van der Waals surface area contributed by atoms with Gasteiger partial charge in [0.2, 0.25) is 17.0 Å². The van der Waals surface area contributed by atoms with Crippen LogP contribution in [0.25, 0.3) is 11.4 Å². The highest BCUT2D eigenvalue weighted by Crippen LogP contribution is 2.19. The van der Waals surface area contributed by atoms with E-state index in [-0.39, 0.29) is 30.2 Å². The molecule has 0 bridgehead atoms. The molecule has 1 aromatic carbocycles. The normalized spacial score (nSPS) is 10.7. The number of rotatable bonds is 8. The molecule has 0 saturated carbocycles. The van der Waals surface area contributed by atoms with Gasteiger partial charge in [-0.2, -0.15) is 0 Å². The van der Waals surface area contributed by atoms with Crippen molar-refractivity contribution in [2.45, 2.75) is 38.4 Å². The van der Waals surface area contributed by atoms with Gasteiger partial charge in [-0.1, -0.05) is 43.0 Å². The zero-order valence-corrected chi connectivity index (χ0v) is 15.4. The number of aryl methyl sites for hydroxylation is 1. The summed E-state index contributed by atoms with van der Waals surface area (Å²) in [6, 6.07) is 8.15. The molecule has 134 valence electrons. The number of amides is 2. The highest BCUT2D eigenvalue weighted by atomic mass is 32.2. The standard InChI is InChI=1S/C17H23N5O2S/c1-4-12-5-7-13(8-6-12)16-20-17(22-21-16)25-10-15(24)18-9-14(23)19-11(2)3/h5-8,11H,4,9-10H2,1-3H3,(H,18,24)(H,19,23)(H,20,21,22). The molecular formula is C17H23N5O2S. The van der Waals surface area contributed by atoms with Crippen LogP contribution < -0.4 is 10.6 Å². The van der Waals surface area contributed by atoms with Gasteiger partial charge in [-0.25, -0.2) is 4.98 Å². The van der Waals surface area contributed by atoms with E-state index in [4.69, 9.17) is 0 Å². The highest BCUT2D eigenvalue weighted by Gasteiger charge is 2.10. The molecule has 25 heavy (non-hydrogen) atoms. The van der Waals surface area contributed by atoms with E-state index in [1.807, 2.05) is 26.0 Å². The van der Waals surface area contributed by atoms with Gasteiger partial charge < -0.3 is 10.6 Å². The van der Waals surface area contributed by atoms with Crippen LogP contribution in [0.2, 0.25) is 0 Å². The van der Waals surface area contributed by atoms with E-state index < -0.39 is 0 Å². The first-order valence-corrected chi connectivity index (χ1v) is 9.17. The van der Waals surface area contributed by atoms with Gasteiger partial charge >= 0.3 is 0 Å². The van der Waals surface area contributed by atoms with E-state index in [2.05, 4.69) is 44.9 Å². The highest BCUT2D eigenvalue weighted by molar-refractivity contribution is 7.99. The van der Waals surface area contributed by atoms with E-state index in [1.54, 1.807) is 0 Å². The van der Waals surface area contributed by atoms with Crippen molar-refractivity contribution in [2.24, 2.45) is 0 Å². The average molecular weight is 361 g/mol. The molecule has 0 radical (unpaired) electrons. The molecule has 0 spiro atoms. The molecule has 8 heteroatoms. The number of aromatic nitrogens is 3. The fourth-order valence-corrected chi connectivity index (χ4v) is 2.70. The van der Waals surface area contributed by atoms with Crippen LogP contribution in [0.15, 0.2) is 29.4 Å². The fourth-order valence-electron chi connectivity index (χ4n) is 2.07. The third-order valence-corrected chi connectivity index (χ3v) is 4.18. The van der Waals surface area contributed by atoms with Crippen LogP contribution in [0.3, 0.4) is 0 Å². The van der Waals surface area contributed by atoms with Crippen LogP contribution in [-0.2, 0) is 16.0 Å². The molecule has 1 heterocycles. The summed E-state index contributed by atoms with van der Waals surface area (Å²) < 4.78 is 0. The van der Waals surface area contributed by atoms with Crippen molar-refractivity contribution < 1.29 is 9.59 Å². The smallest absolute Gasteiger partial charge is 0.239 e. The Balaban J connectivity index is 1.80. The predicted molar refractivity (Wildman–Crippen MR) is 98.2 cm³/mol. The molecule has 2 aromatic rings. The minimum atomic E-state index is -0.234. The summed E-state index contributed by atoms with van der Waals surface area (Å²) in [6.45, 7) is 5.81. The van der Waals surface area contributed by atoms with Crippen molar-refractivity contribution in [3.8, 4) is 11.4 Å². The molecule has 3 N–H and O–H groups in total. The van der Waals surface area contributed by atoms with Crippen molar-refractivity contribution in [1.29, 1.82) is 0 Å². The first-order valence-electron chi connectivity index (χ1n) is 8.18. The molecule has 1 aromatic heterocycles. The summed E-state index contributed by atoms with van der Waals surface area (Å²) in [5, 5.41) is 12.8. The molecule has 0 saturated heterocycles. The quantitative estimate of drug-likeness (QED) is 0.622. The maximum atomic E-state index is 11.8. The Morgan fingerprint density at radius 1 is 1.20 bits per heavy atom. The number of H-pyrrole nitrogens is 1. The summed E-state index contributed by atoms with van der Waals surface area (Å²) >= 11 is 1.22. The average Bonchev–Trinajstić information content (AvgIpc) is 3.06. The zero-order chi connectivity index (χ0) is 18.2. The lowest BCUT2D eigenvalue weighted by molar-refractivity contribution is -0.125. The molecule has 0 fully saturated rings. The van der Waals surface area contributed by atoms with Gasteiger partial charge in [-0.15, -0.1) is 5.10 Å². The summed E-state index contributed by atoms with van der Waals surface area (Å²) in [4.78, 5) is 27.6. The molecular weight excluding hydrogens is 338 g/mol. The van der Waals surface area contributed by atoms with Crippen molar-refractivity contribution in [3.05, 3.63) is 29.8 Å². The van der Waals surface area contributed by atoms with Gasteiger partial charge in [0.1, 0.15) is 0 Å². The summed E-state index contributed by atoms with van der Waals surface area (Å²) in [5.41, 5.74) is 2.21. The van der Waals surface area contributed by atoms with E-state index in [9.17, 15) is 9.59 Å². The van der Waals surface area contributed by atoms with Crippen molar-refractivity contribution >= 4 is 23.6 Å². The fraction of sp³-hybridized carbons (Fsp3) is 0.412. The van der Waals surface area contributed by atoms with E-state index in [1.165, 1.54) is 17.3 Å². The molecule has 7 nitrogen and oxygen atoms in total. The third kappa shape index (κ3) is 6.22. The van der Waals surface area contributed by atoms with E-state index >= 15 is 0 Å². The Hall–Kier alpha value is -2.35. The molecule has 0 atom stereocenters. The van der Waals surface area contributed by atoms with Gasteiger partial charge in [-0.3, -0.25) is 14.7 Å². The number of nitrogens with zero attached hydrogens (tertiary/aromatic N) is 2. The van der Waals surface area contributed by atoms with Crippen LogP contribution in [0.4, 0.5) is 0 Å². The number of hydrogen-bond donors (Lipinski definition) is 3. The molecule has 2 rings (SSSR count). The van der Waals surface area contributed by atoms with Gasteiger partial charge in [-0.05, 0) is 25.8 Å². The lowest BCUT2D eigenvalue weighted by Crippen LogP contribution is -2.40. The maximum absolute atomic E-state index is 11.8. The summed E-state index contributed by atoms with van der Waals surface area (Å²) in [6.07, 6.45) is 0.988. The van der Waals surface area contributed by atoms with Gasteiger partial charge in [0.05, 0.1) is 12.3 Å². The van der Waals surface area contributed by atoms with Crippen LogP contribution in [-0.4, -0.2) is 45.3 Å². The first kappa shape index (κ1) is 19.0. The Kier molecular flexibility index (Phi) is 7.00. The third-order valence-electron chi connectivity index (χ3n) is 3.33. The van der Waals surface area contributed by atoms with Gasteiger partial charge in [0.15, 0.2) is 5.82 Å². The predicted octanol–water partition coefficient (Wildman–Crippen LogP) is 1.77. The molecule has 0 aliphatic carbocycles. The van der Waals surface area contributed by atoms with Gasteiger partial charge in [0, 0.05) is 11.6 Å². The molecule has 2 amide bonds.